The summed E-state index contributed by atoms with van der Waals surface area (Å²) in [6, 6.07) is 3.30. The van der Waals surface area contributed by atoms with E-state index < -0.39 is 10.7 Å². The Labute approximate surface area is 121 Å². The highest BCUT2D eigenvalue weighted by Crippen LogP contribution is 2.57. The van der Waals surface area contributed by atoms with Gasteiger partial charge < -0.3 is 4.74 Å². The Kier molecular flexibility index (Phi) is 3.32. The number of benzene rings is 1. The van der Waals surface area contributed by atoms with Gasteiger partial charge in [-0.3, -0.25) is 10.1 Å². The molecular formula is C14H15ClFNO3. The maximum absolute atomic E-state index is 13.3. The first-order chi connectivity index (χ1) is 9.53. The summed E-state index contributed by atoms with van der Waals surface area (Å²) in [6.45, 7) is 0. The normalized spacial score (nSPS) is 27.3. The Balaban J connectivity index is 1.85. The van der Waals surface area contributed by atoms with E-state index in [1.165, 1.54) is 0 Å². The van der Waals surface area contributed by atoms with Gasteiger partial charge in [0.1, 0.15) is 11.9 Å². The number of nitrogens with zero attached hydrogens (tertiary/aromatic N) is 1. The predicted octanol–water partition coefficient (Wildman–Crippen LogP) is 4.05. The van der Waals surface area contributed by atoms with E-state index in [0.717, 1.165) is 43.9 Å². The Morgan fingerprint density at radius 2 is 2.10 bits per heavy atom. The number of nitro groups is 1. The van der Waals surface area contributed by atoms with Gasteiger partial charge in [-0.2, -0.15) is 0 Å². The van der Waals surface area contributed by atoms with Gasteiger partial charge in [0.25, 0.3) is 0 Å². The van der Waals surface area contributed by atoms with E-state index in [-0.39, 0.29) is 28.3 Å². The van der Waals surface area contributed by atoms with Gasteiger partial charge in [-0.1, -0.05) is 12.8 Å². The van der Waals surface area contributed by atoms with Gasteiger partial charge in [0, 0.05) is 29.3 Å². The molecule has 2 aliphatic rings. The SMILES string of the molecule is O=[N+]([O-])c1ccc(F)cc1OC1CC(Cl)C12CCCC2. The van der Waals surface area contributed by atoms with E-state index >= 15 is 0 Å². The van der Waals surface area contributed by atoms with Gasteiger partial charge in [0.05, 0.1) is 4.92 Å². The molecule has 4 nitrogen and oxygen atoms in total. The number of nitro benzene ring substituents is 1. The van der Waals surface area contributed by atoms with Crippen molar-refractivity contribution < 1.29 is 14.1 Å². The molecule has 108 valence electrons. The molecule has 0 aliphatic heterocycles. The summed E-state index contributed by atoms with van der Waals surface area (Å²) in [5.74, 6) is -0.525. The number of hydrogen-bond donors (Lipinski definition) is 0. The molecule has 3 rings (SSSR count). The molecule has 2 aliphatic carbocycles. The number of hydrogen-bond acceptors (Lipinski definition) is 3. The zero-order chi connectivity index (χ0) is 14.3. The first kappa shape index (κ1) is 13.6. The fourth-order valence-corrected chi connectivity index (χ4v) is 3.94. The van der Waals surface area contributed by atoms with Crippen molar-refractivity contribution in [1.29, 1.82) is 0 Å². The third-order valence-electron chi connectivity index (χ3n) is 4.61. The summed E-state index contributed by atoms with van der Waals surface area (Å²) >= 11 is 6.32. The number of halogens is 2. The molecule has 1 aromatic carbocycles. The smallest absolute Gasteiger partial charge is 0.311 e. The molecule has 0 N–H and O–H groups in total. The summed E-state index contributed by atoms with van der Waals surface area (Å²) in [4.78, 5) is 10.4. The molecule has 0 amide bonds. The van der Waals surface area contributed by atoms with E-state index in [4.69, 9.17) is 16.3 Å². The van der Waals surface area contributed by atoms with Crippen molar-refractivity contribution in [3.63, 3.8) is 0 Å². The van der Waals surface area contributed by atoms with E-state index in [0.29, 0.717) is 6.42 Å². The lowest BCUT2D eigenvalue weighted by atomic mass is 9.64. The van der Waals surface area contributed by atoms with Gasteiger partial charge in [0.15, 0.2) is 5.75 Å². The molecule has 20 heavy (non-hydrogen) atoms. The molecule has 2 unspecified atom stereocenters. The maximum atomic E-state index is 13.3. The van der Waals surface area contributed by atoms with Gasteiger partial charge in [0.2, 0.25) is 0 Å². The second kappa shape index (κ2) is 4.88. The lowest BCUT2D eigenvalue weighted by Gasteiger charge is -2.50. The van der Waals surface area contributed by atoms with Gasteiger partial charge in [-0.25, -0.2) is 4.39 Å². The number of rotatable bonds is 3. The van der Waals surface area contributed by atoms with Crippen molar-refractivity contribution in [2.75, 3.05) is 0 Å². The van der Waals surface area contributed by atoms with Crippen molar-refractivity contribution in [2.24, 2.45) is 5.41 Å². The van der Waals surface area contributed by atoms with Crippen LogP contribution in [-0.2, 0) is 0 Å². The lowest BCUT2D eigenvalue weighted by Crippen LogP contribution is -2.55. The topological polar surface area (TPSA) is 52.4 Å². The minimum absolute atomic E-state index is 0.00911. The van der Waals surface area contributed by atoms with Crippen LogP contribution in [-0.4, -0.2) is 16.4 Å². The Hall–Kier alpha value is -1.36. The van der Waals surface area contributed by atoms with Crippen molar-refractivity contribution >= 4 is 17.3 Å². The van der Waals surface area contributed by atoms with Crippen LogP contribution < -0.4 is 4.74 Å². The number of alkyl halides is 1. The lowest BCUT2D eigenvalue weighted by molar-refractivity contribution is -0.386. The van der Waals surface area contributed by atoms with Crippen LogP contribution >= 0.6 is 11.6 Å². The minimum Gasteiger partial charge on any atom is -0.483 e. The van der Waals surface area contributed by atoms with Crippen LogP contribution in [0.1, 0.15) is 32.1 Å². The van der Waals surface area contributed by atoms with E-state index in [9.17, 15) is 14.5 Å². The van der Waals surface area contributed by atoms with Crippen LogP contribution in [0.2, 0.25) is 0 Å². The molecule has 2 fully saturated rings. The maximum Gasteiger partial charge on any atom is 0.311 e. The number of ether oxygens (including phenoxy) is 1. The van der Waals surface area contributed by atoms with E-state index in [1.807, 2.05) is 0 Å². The molecule has 0 bridgehead atoms. The predicted molar refractivity (Wildman–Crippen MR) is 72.6 cm³/mol. The molecule has 2 saturated carbocycles. The van der Waals surface area contributed by atoms with Crippen molar-refractivity contribution in [2.45, 2.75) is 43.6 Å². The van der Waals surface area contributed by atoms with Crippen LogP contribution in [0.15, 0.2) is 18.2 Å². The monoisotopic (exact) mass is 299 g/mol. The third-order valence-corrected chi connectivity index (χ3v) is 5.22. The average molecular weight is 300 g/mol. The van der Waals surface area contributed by atoms with Crippen LogP contribution in [0.5, 0.6) is 5.75 Å². The molecule has 0 saturated heterocycles. The zero-order valence-corrected chi connectivity index (χ0v) is 11.6. The van der Waals surface area contributed by atoms with Gasteiger partial charge >= 0.3 is 5.69 Å². The Morgan fingerprint density at radius 3 is 2.70 bits per heavy atom. The molecule has 6 heteroatoms. The van der Waals surface area contributed by atoms with Crippen LogP contribution in [0.3, 0.4) is 0 Å². The van der Waals surface area contributed by atoms with Crippen LogP contribution in [0.25, 0.3) is 0 Å². The largest absolute Gasteiger partial charge is 0.483 e. The van der Waals surface area contributed by atoms with E-state index in [2.05, 4.69) is 0 Å². The Bertz CT molecular complexity index is 545. The standard InChI is InChI=1S/C14H15ClFNO3/c15-12-8-13(14(12)5-1-2-6-14)20-11-7-9(16)3-4-10(11)17(18)19/h3-4,7,12-13H,1-2,5-6,8H2. The van der Waals surface area contributed by atoms with Crippen molar-refractivity contribution in [1.82, 2.24) is 0 Å². The quantitative estimate of drug-likeness (QED) is 0.480. The minimum atomic E-state index is -0.549. The van der Waals surface area contributed by atoms with Crippen molar-refractivity contribution in [3.05, 3.63) is 34.1 Å². The molecule has 0 aromatic heterocycles. The van der Waals surface area contributed by atoms with Gasteiger partial charge in [-0.15, -0.1) is 11.6 Å². The summed E-state index contributed by atoms with van der Waals surface area (Å²) in [5.41, 5.74) is -0.278. The Morgan fingerprint density at radius 1 is 1.40 bits per heavy atom. The fraction of sp³-hybridized carbons (Fsp3) is 0.571. The first-order valence-electron chi connectivity index (χ1n) is 6.77. The van der Waals surface area contributed by atoms with Gasteiger partial charge in [-0.05, 0) is 18.9 Å². The molecule has 1 spiro atoms. The van der Waals surface area contributed by atoms with Crippen molar-refractivity contribution in [3.8, 4) is 5.75 Å². The second-order valence-electron chi connectivity index (χ2n) is 5.62. The molecule has 2 atom stereocenters. The summed E-state index contributed by atoms with van der Waals surface area (Å²) in [7, 11) is 0. The third kappa shape index (κ3) is 2.04. The summed E-state index contributed by atoms with van der Waals surface area (Å²) in [6.07, 6.45) is 4.69. The molecule has 0 radical (unpaired) electrons. The molecular weight excluding hydrogens is 285 g/mol. The van der Waals surface area contributed by atoms with E-state index in [1.54, 1.807) is 0 Å². The zero-order valence-electron chi connectivity index (χ0n) is 10.9. The fourth-order valence-electron chi connectivity index (χ4n) is 3.42. The highest BCUT2D eigenvalue weighted by molar-refractivity contribution is 6.21. The highest BCUT2D eigenvalue weighted by atomic mass is 35.5. The summed E-state index contributed by atoms with van der Waals surface area (Å²) in [5, 5.41) is 11.0. The summed E-state index contributed by atoms with van der Waals surface area (Å²) < 4.78 is 19.1. The highest BCUT2D eigenvalue weighted by Gasteiger charge is 2.57. The first-order valence-corrected chi connectivity index (χ1v) is 7.21. The van der Waals surface area contributed by atoms with Crippen LogP contribution in [0, 0.1) is 21.3 Å². The second-order valence-corrected chi connectivity index (χ2v) is 6.15. The van der Waals surface area contributed by atoms with Crippen LogP contribution in [0.4, 0.5) is 10.1 Å². The molecule has 1 aromatic rings. The average Bonchev–Trinajstić information content (AvgIpc) is 2.90. The molecule has 0 heterocycles.